The van der Waals surface area contributed by atoms with Gasteiger partial charge < -0.3 is 15.4 Å². The minimum absolute atomic E-state index is 0.173. The van der Waals surface area contributed by atoms with Gasteiger partial charge in [-0.2, -0.15) is 8.78 Å². The first-order valence-electron chi connectivity index (χ1n) is 7.17. The Bertz CT molecular complexity index is 494. The molecule has 1 saturated carbocycles. The summed E-state index contributed by atoms with van der Waals surface area (Å²) in [6.07, 6.45) is 1.13. The lowest BCUT2D eigenvalue weighted by atomic mass is 10.2. The summed E-state index contributed by atoms with van der Waals surface area (Å²) in [5, 5.41) is 6.48. The lowest BCUT2D eigenvalue weighted by Gasteiger charge is -2.12. The molecule has 2 atom stereocenters. The van der Waals surface area contributed by atoms with Crippen LogP contribution in [-0.2, 0) is 6.54 Å². The second-order valence-electron chi connectivity index (χ2n) is 5.15. The Hall–Kier alpha value is -1.85. The summed E-state index contributed by atoms with van der Waals surface area (Å²) in [5.41, 5.74) is 0.638. The molecule has 0 spiro atoms. The van der Waals surface area contributed by atoms with Gasteiger partial charge in [-0.05, 0) is 25.3 Å². The first kappa shape index (κ1) is 15.5. The summed E-state index contributed by atoms with van der Waals surface area (Å²) in [6, 6.07) is 7.17. The van der Waals surface area contributed by atoms with Crippen molar-refractivity contribution in [2.24, 2.45) is 10.9 Å². The van der Waals surface area contributed by atoms with E-state index in [1.165, 1.54) is 6.07 Å². The lowest BCUT2D eigenvalue weighted by molar-refractivity contribution is -0.0504. The molecular weight excluding hydrogens is 276 g/mol. The molecule has 0 aromatic heterocycles. The van der Waals surface area contributed by atoms with Crippen LogP contribution in [0.1, 0.15) is 25.8 Å². The van der Waals surface area contributed by atoms with Gasteiger partial charge in [-0.15, -0.1) is 0 Å². The van der Waals surface area contributed by atoms with E-state index < -0.39 is 6.61 Å². The fraction of sp³-hybridized carbons (Fsp3) is 0.533. The molecule has 0 amide bonds. The van der Waals surface area contributed by atoms with Gasteiger partial charge in [0.2, 0.25) is 0 Å². The summed E-state index contributed by atoms with van der Waals surface area (Å²) in [4.78, 5) is 4.44. The van der Waals surface area contributed by atoms with E-state index in [0.717, 1.165) is 13.0 Å². The van der Waals surface area contributed by atoms with Crippen LogP contribution in [-0.4, -0.2) is 25.2 Å². The van der Waals surface area contributed by atoms with Crippen molar-refractivity contribution < 1.29 is 13.5 Å². The third-order valence-electron chi connectivity index (χ3n) is 3.37. The molecule has 1 aliphatic carbocycles. The minimum Gasteiger partial charge on any atom is -0.434 e. The monoisotopic (exact) mass is 297 g/mol. The molecule has 2 unspecified atom stereocenters. The van der Waals surface area contributed by atoms with Crippen LogP contribution in [0.15, 0.2) is 29.3 Å². The van der Waals surface area contributed by atoms with Crippen molar-refractivity contribution in [3.63, 3.8) is 0 Å². The van der Waals surface area contributed by atoms with E-state index in [2.05, 4.69) is 27.3 Å². The number of benzene rings is 1. The third kappa shape index (κ3) is 4.88. The highest BCUT2D eigenvalue weighted by Gasteiger charge is 2.33. The number of hydrogen-bond acceptors (Lipinski definition) is 2. The Morgan fingerprint density at radius 2 is 2.14 bits per heavy atom. The summed E-state index contributed by atoms with van der Waals surface area (Å²) in [5.74, 6) is 1.54. The summed E-state index contributed by atoms with van der Waals surface area (Å²) in [6.45, 7) is 2.38. The maximum Gasteiger partial charge on any atom is 0.387 e. The Kier molecular flexibility index (Phi) is 5.36. The molecule has 0 bridgehead atoms. The smallest absolute Gasteiger partial charge is 0.387 e. The second-order valence-corrected chi connectivity index (χ2v) is 5.15. The van der Waals surface area contributed by atoms with E-state index >= 15 is 0 Å². The minimum atomic E-state index is -2.83. The molecule has 1 aromatic carbocycles. The topological polar surface area (TPSA) is 45.7 Å². The molecule has 116 valence electrons. The summed E-state index contributed by atoms with van der Waals surface area (Å²) in [7, 11) is 0. The number of alkyl halides is 2. The molecule has 21 heavy (non-hydrogen) atoms. The molecule has 2 rings (SSSR count). The highest BCUT2D eigenvalue weighted by atomic mass is 19.3. The summed E-state index contributed by atoms with van der Waals surface area (Å²) < 4.78 is 29.2. The van der Waals surface area contributed by atoms with Gasteiger partial charge in [-0.1, -0.05) is 25.1 Å². The number of nitrogens with one attached hydrogen (secondary N) is 2. The largest absolute Gasteiger partial charge is 0.434 e. The highest BCUT2D eigenvalue weighted by molar-refractivity contribution is 5.80. The molecule has 0 radical (unpaired) electrons. The van der Waals surface area contributed by atoms with Crippen molar-refractivity contribution in [1.29, 1.82) is 0 Å². The van der Waals surface area contributed by atoms with Crippen LogP contribution in [0.25, 0.3) is 0 Å². The zero-order valence-electron chi connectivity index (χ0n) is 12.3. The number of hydrogen-bond donors (Lipinski definition) is 2. The average Bonchev–Trinajstić information content (AvgIpc) is 3.12. The third-order valence-corrected chi connectivity index (χ3v) is 3.37. The van der Waals surface area contributed by atoms with Crippen LogP contribution in [0.3, 0.4) is 0 Å². The maximum absolute atomic E-state index is 12.4. The van der Waals surface area contributed by atoms with Gasteiger partial charge in [0.25, 0.3) is 0 Å². The van der Waals surface area contributed by atoms with E-state index in [1.807, 2.05) is 6.92 Å². The van der Waals surface area contributed by atoms with E-state index in [0.29, 0.717) is 30.0 Å². The lowest BCUT2D eigenvalue weighted by Crippen LogP contribution is -2.39. The van der Waals surface area contributed by atoms with Gasteiger partial charge in [0, 0.05) is 18.2 Å². The molecule has 1 aliphatic rings. The number of halogens is 2. The van der Waals surface area contributed by atoms with Crippen LogP contribution in [0.2, 0.25) is 0 Å². The van der Waals surface area contributed by atoms with Crippen molar-refractivity contribution in [3.8, 4) is 5.75 Å². The zero-order chi connectivity index (χ0) is 15.2. The van der Waals surface area contributed by atoms with Crippen LogP contribution in [0, 0.1) is 5.92 Å². The molecule has 1 fully saturated rings. The first-order valence-corrected chi connectivity index (χ1v) is 7.17. The van der Waals surface area contributed by atoms with Crippen LogP contribution >= 0.6 is 0 Å². The van der Waals surface area contributed by atoms with Gasteiger partial charge in [-0.25, -0.2) is 4.99 Å². The van der Waals surface area contributed by atoms with Gasteiger partial charge in [-0.3, -0.25) is 0 Å². The number of aliphatic imine (C=N–C) groups is 1. The van der Waals surface area contributed by atoms with Crippen molar-refractivity contribution in [3.05, 3.63) is 29.8 Å². The standard InChI is InChI=1S/C15H21F2N3O/c1-3-18-15(20-12-8-10(12)2)19-9-11-6-4-5-7-13(11)21-14(16)17/h4-7,10,12,14H,3,8-9H2,1-2H3,(H2,18,19,20). The number of para-hydroxylation sites is 1. The van der Waals surface area contributed by atoms with Gasteiger partial charge in [0.15, 0.2) is 5.96 Å². The van der Waals surface area contributed by atoms with Crippen LogP contribution in [0.4, 0.5) is 8.78 Å². The number of ether oxygens (including phenoxy) is 1. The molecule has 0 saturated heterocycles. The maximum atomic E-state index is 12.4. The zero-order valence-corrected chi connectivity index (χ0v) is 12.3. The predicted molar refractivity (Wildman–Crippen MR) is 78.6 cm³/mol. The van der Waals surface area contributed by atoms with Crippen molar-refractivity contribution in [1.82, 2.24) is 10.6 Å². The Labute approximate surface area is 123 Å². The van der Waals surface area contributed by atoms with Crippen molar-refractivity contribution >= 4 is 5.96 Å². The van der Waals surface area contributed by atoms with Gasteiger partial charge in [0.1, 0.15) is 5.75 Å². The second kappa shape index (κ2) is 7.24. The molecule has 2 N–H and O–H groups in total. The number of nitrogens with zero attached hydrogens (tertiary/aromatic N) is 1. The molecule has 6 heteroatoms. The first-order chi connectivity index (χ1) is 10.1. The normalized spacial score (nSPS) is 21.3. The SMILES string of the molecule is CCNC(=NCc1ccccc1OC(F)F)NC1CC1C. The van der Waals surface area contributed by atoms with Crippen molar-refractivity contribution in [2.45, 2.75) is 39.5 Å². The van der Waals surface area contributed by atoms with Crippen LogP contribution in [0.5, 0.6) is 5.75 Å². The Balaban J connectivity index is 2.02. The Morgan fingerprint density at radius 3 is 2.76 bits per heavy atom. The van der Waals surface area contributed by atoms with Gasteiger partial charge in [0.05, 0.1) is 6.54 Å². The fourth-order valence-electron chi connectivity index (χ4n) is 2.03. The molecule has 0 aliphatic heterocycles. The van der Waals surface area contributed by atoms with E-state index in [-0.39, 0.29) is 5.75 Å². The number of guanidine groups is 1. The Morgan fingerprint density at radius 1 is 1.43 bits per heavy atom. The number of rotatable bonds is 6. The van der Waals surface area contributed by atoms with Crippen molar-refractivity contribution in [2.75, 3.05) is 6.54 Å². The van der Waals surface area contributed by atoms with Gasteiger partial charge >= 0.3 is 6.61 Å². The average molecular weight is 297 g/mol. The van der Waals surface area contributed by atoms with Crippen LogP contribution < -0.4 is 15.4 Å². The quantitative estimate of drug-likeness (QED) is 0.627. The fourth-order valence-corrected chi connectivity index (χ4v) is 2.03. The predicted octanol–water partition coefficient (Wildman–Crippen LogP) is 2.75. The molecule has 1 aromatic rings. The summed E-state index contributed by atoms with van der Waals surface area (Å²) >= 11 is 0. The van der Waals surface area contributed by atoms with E-state index in [4.69, 9.17) is 0 Å². The molecule has 4 nitrogen and oxygen atoms in total. The molecular formula is C15H21F2N3O. The van der Waals surface area contributed by atoms with E-state index in [9.17, 15) is 8.78 Å². The van der Waals surface area contributed by atoms with E-state index in [1.54, 1.807) is 18.2 Å². The highest BCUT2D eigenvalue weighted by Crippen LogP contribution is 2.28. The molecule has 0 heterocycles.